The molecule has 4 heteroatoms. The summed E-state index contributed by atoms with van der Waals surface area (Å²) < 4.78 is 5.56. The van der Waals surface area contributed by atoms with Crippen LogP contribution in [0.1, 0.15) is 26.2 Å². The Kier molecular flexibility index (Phi) is 7.44. The van der Waals surface area contributed by atoms with Gasteiger partial charge >= 0.3 is 0 Å². The summed E-state index contributed by atoms with van der Waals surface area (Å²) in [5.41, 5.74) is 5.71. The van der Waals surface area contributed by atoms with Crippen molar-refractivity contribution in [1.29, 1.82) is 0 Å². The maximum Gasteiger partial charge on any atom is 0.188 e. The molecule has 0 radical (unpaired) electrons. The van der Waals surface area contributed by atoms with Crippen LogP contribution in [0.2, 0.25) is 0 Å². The molecule has 0 aromatic heterocycles. The van der Waals surface area contributed by atoms with Crippen molar-refractivity contribution in [2.45, 2.75) is 26.2 Å². The molecule has 1 aromatic rings. The molecule has 18 heavy (non-hydrogen) atoms. The molecular weight excluding hydrogens is 226 g/mol. The molecule has 0 saturated carbocycles. The molecule has 4 nitrogen and oxygen atoms in total. The Labute approximate surface area is 109 Å². The highest BCUT2D eigenvalue weighted by Crippen LogP contribution is 2.08. The summed E-state index contributed by atoms with van der Waals surface area (Å²) in [6.45, 7) is 4.40. The summed E-state index contributed by atoms with van der Waals surface area (Å²) in [6.07, 6.45) is 3.14. The van der Waals surface area contributed by atoms with Gasteiger partial charge < -0.3 is 15.8 Å². The number of benzene rings is 1. The van der Waals surface area contributed by atoms with Gasteiger partial charge in [-0.05, 0) is 18.6 Å². The number of para-hydroxylation sites is 1. The first-order valence-electron chi connectivity index (χ1n) is 6.54. The van der Waals surface area contributed by atoms with E-state index in [-0.39, 0.29) is 0 Å². The van der Waals surface area contributed by atoms with E-state index in [1.165, 1.54) is 0 Å². The molecule has 0 aliphatic rings. The van der Waals surface area contributed by atoms with E-state index in [0.29, 0.717) is 19.1 Å². The fraction of sp³-hybridized carbons (Fsp3) is 0.500. The number of unbranched alkanes of at least 4 members (excludes halogenated alkanes) is 1. The molecule has 0 aliphatic carbocycles. The van der Waals surface area contributed by atoms with Gasteiger partial charge in [0.05, 0.1) is 6.61 Å². The summed E-state index contributed by atoms with van der Waals surface area (Å²) in [7, 11) is 0. The average molecular weight is 249 g/mol. The summed E-state index contributed by atoms with van der Waals surface area (Å²) >= 11 is 0. The lowest BCUT2D eigenvalue weighted by Gasteiger charge is -2.05. The maximum absolute atomic E-state index is 5.71. The number of nitrogens with one attached hydrogen (secondary N) is 1. The molecule has 100 valence electrons. The fourth-order valence-electron chi connectivity index (χ4n) is 1.42. The van der Waals surface area contributed by atoms with Gasteiger partial charge in [0, 0.05) is 19.5 Å². The topological polar surface area (TPSA) is 59.6 Å². The van der Waals surface area contributed by atoms with Gasteiger partial charge in [0.1, 0.15) is 5.75 Å². The predicted octanol–water partition coefficient (Wildman–Crippen LogP) is 2.16. The standard InChI is InChI=1S/C14H23N3O/c1-2-3-10-16-14(15)17-11-7-12-18-13-8-5-4-6-9-13/h4-6,8-9H,2-3,7,10-12H2,1H3,(H3,15,16,17). The van der Waals surface area contributed by atoms with E-state index in [4.69, 9.17) is 10.5 Å². The van der Waals surface area contributed by atoms with Gasteiger partial charge in [-0.15, -0.1) is 0 Å². The van der Waals surface area contributed by atoms with Gasteiger partial charge in [0.15, 0.2) is 5.96 Å². The van der Waals surface area contributed by atoms with Crippen molar-refractivity contribution in [1.82, 2.24) is 5.32 Å². The predicted molar refractivity (Wildman–Crippen MR) is 76.0 cm³/mol. The summed E-state index contributed by atoms with van der Waals surface area (Å²) in [5, 5.41) is 3.08. The Morgan fingerprint density at radius 3 is 2.78 bits per heavy atom. The second-order valence-corrected chi connectivity index (χ2v) is 4.06. The normalized spacial score (nSPS) is 11.3. The number of aliphatic imine (C=N–C) groups is 1. The zero-order valence-electron chi connectivity index (χ0n) is 11.1. The monoisotopic (exact) mass is 249 g/mol. The Morgan fingerprint density at radius 2 is 2.06 bits per heavy atom. The maximum atomic E-state index is 5.71. The SMILES string of the molecule is CCCCNC(N)=NCCCOc1ccccc1. The van der Waals surface area contributed by atoms with Crippen LogP contribution in [0.3, 0.4) is 0 Å². The Balaban J connectivity index is 2.05. The smallest absolute Gasteiger partial charge is 0.188 e. The first kappa shape index (κ1) is 14.4. The van der Waals surface area contributed by atoms with Gasteiger partial charge in [-0.1, -0.05) is 31.5 Å². The van der Waals surface area contributed by atoms with E-state index < -0.39 is 0 Å². The first-order valence-corrected chi connectivity index (χ1v) is 6.54. The highest BCUT2D eigenvalue weighted by atomic mass is 16.5. The third kappa shape index (κ3) is 6.78. The number of nitrogens with zero attached hydrogens (tertiary/aromatic N) is 1. The van der Waals surface area contributed by atoms with Crippen LogP contribution in [0.25, 0.3) is 0 Å². The molecule has 3 N–H and O–H groups in total. The summed E-state index contributed by atoms with van der Waals surface area (Å²) in [6, 6.07) is 9.79. The van der Waals surface area contributed by atoms with Crippen LogP contribution in [-0.2, 0) is 0 Å². The molecule has 0 bridgehead atoms. The van der Waals surface area contributed by atoms with E-state index in [1.54, 1.807) is 0 Å². The molecular formula is C14H23N3O. The number of rotatable bonds is 8. The number of hydrogen-bond acceptors (Lipinski definition) is 2. The lowest BCUT2D eigenvalue weighted by Crippen LogP contribution is -2.32. The largest absolute Gasteiger partial charge is 0.494 e. The Morgan fingerprint density at radius 1 is 1.28 bits per heavy atom. The lowest BCUT2D eigenvalue weighted by atomic mass is 10.3. The van der Waals surface area contributed by atoms with Gasteiger partial charge in [-0.2, -0.15) is 0 Å². The zero-order chi connectivity index (χ0) is 13.1. The number of hydrogen-bond donors (Lipinski definition) is 2. The van der Waals surface area contributed by atoms with E-state index in [1.807, 2.05) is 30.3 Å². The lowest BCUT2D eigenvalue weighted by molar-refractivity contribution is 0.313. The second kappa shape index (κ2) is 9.33. The molecule has 0 unspecified atom stereocenters. The number of guanidine groups is 1. The van der Waals surface area contributed by atoms with Crippen LogP contribution >= 0.6 is 0 Å². The molecule has 0 aliphatic heterocycles. The van der Waals surface area contributed by atoms with Gasteiger partial charge in [-0.25, -0.2) is 0 Å². The molecule has 0 heterocycles. The zero-order valence-corrected chi connectivity index (χ0v) is 11.1. The highest BCUT2D eigenvalue weighted by Gasteiger charge is 1.93. The van der Waals surface area contributed by atoms with Crippen LogP contribution in [0, 0.1) is 0 Å². The molecule has 0 amide bonds. The van der Waals surface area contributed by atoms with Crippen molar-refractivity contribution in [3.63, 3.8) is 0 Å². The van der Waals surface area contributed by atoms with Crippen molar-refractivity contribution in [3.8, 4) is 5.75 Å². The van der Waals surface area contributed by atoms with Crippen molar-refractivity contribution in [2.75, 3.05) is 19.7 Å². The summed E-state index contributed by atoms with van der Waals surface area (Å²) in [5.74, 6) is 1.43. The third-order valence-electron chi connectivity index (χ3n) is 2.43. The average Bonchev–Trinajstić information content (AvgIpc) is 2.40. The summed E-state index contributed by atoms with van der Waals surface area (Å²) in [4.78, 5) is 4.23. The van der Waals surface area contributed by atoms with Crippen LogP contribution < -0.4 is 15.8 Å². The third-order valence-corrected chi connectivity index (χ3v) is 2.43. The minimum absolute atomic E-state index is 0.531. The first-order chi connectivity index (χ1) is 8.83. The molecule has 0 atom stereocenters. The van der Waals surface area contributed by atoms with Crippen LogP contribution in [-0.4, -0.2) is 25.7 Å². The Hall–Kier alpha value is -1.71. The number of nitrogens with two attached hydrogens (primary N) is 1. The molecule has 0 saturated heterocycles. The number of ether oxygens (including phenoxy) is 1. The van der Waals surface area contributed by atoms with Gasteiger partial charge in [-0.3, -0.25) is 4.99 Å². The molecule has 1 aromatic carbocycles. The minimum atomic E-state index is 0.531. The van der Waals surface area contributed by atoms with Gasteiger partial charge in [0.25, 0.3) is 0 Å². The van der Waals surface area contributed by atoms with Crippen LogP contribution in [0.5, 0.6) is 5.75 Å². The fourth-order valence-corrected chi connectivity index (χ4v) is 1.42. The van der Waals surface area contributed by atoms with Gasteiger partial charge in [0.2, 0.25) is 0 Å². The van der Waals surface area contributed by atoms with Crippen molar-refractivity contribution in [3.05, 3.63) is 30.3 Å². The Bertz CT molecular complexity index is 338. The highest BCUT2D eigenvalue weighted by molar-refractivity contribution is 5.77. The van der Waals surface area contributed by atoms with Crippen LogP contribution in [0.15, 0.2) is 35.3 Å². The van der Waals surface area contributed by atoms with E-state index in [9.17, 15) is 0 Å². The van der Waals surface area contributed by atoms with Crippen molar-refractivity contribution in [2.24, 2.45) is 10.7 Å². The van der Waals surface area contributed by atoms with Crippen LogP contribution in [0.4, 0.5) is 0 Å². The van der Waals surface area contributed by atoms with E-state index >= 15 is 0 Å². The quantitative estimate of drug-likeness (QED) is 0.421. The molecule has 1 rings (SSSR count). The van der Waals surface area contributed by atoms with Crippen molar-refractivity contribution >= 4 is 5.96 Å². The van der Waals surface area contributed by atoms with Crippen molar-refractivity contribution < 1.29 is 4.74 Å². The molecule has 0 spiro atoms. The van der Waals surface area contributed by atoms with E-state index in [0.717, 1.165) is 31.6 Å². The molecule has 0 fully saturated rings. The second-order valence-electron chi connectivity index (χ2n) is 4.06. The van der Waals surface area contributed by atoms with E-state index in [2.05, 4.69) is 17.2 Å². The minimum Gasteiger partial charge on any atom is -0.494 e.